The van der Waals surface area contributed by atoms with E-state index in [1.165, 1.54) is 37.6 Å². The number of aliphatic hydroxyl groups is 1. The molecular formula is C23H26FN3O5S. The smallest absolute Gasteiger partial charge is 0.251 e. The Labute approximate surface area is 194 Å². The second kappa shape index (κ2) is 12.5. The molecule has 3 aromatic rings. The second-order valence-electron chi connectivity index (χ2n) is 6.68. The van der Waals surface area contributed by atoms with Gasteiger partial charge in [0.2, 0.25) is 5.91 Å². The molecule has 0 spiro atoms. The topological polar surface area (TPSA) is 121 Å². The molecule has 0 aliphatic carbocycles. The molecule has 1 heterocycles. The van der Waals surface area contributed by atoms with Gasteiger partial charge < -0.3 is 30.6 Å². The number of carbonyl (C=O) groups is 2. The van der Waals surface area contributed by atoms with Crippen LogP contribution in [0.2, 0.25) is 0 Å². The molecule has 0 bridgehead atoms. The van der Waals surface area contributed by atoms with Crippen molar-refractivity contribution in [3.63, 3.8) is 0 Å². The zero-order valence-corrected chi connectivity index (χ0v) is 19.3. The van der Waals surface area contributed by atoms with E-state index in [0.717, 1.165) is 10.9 Å². The van der Waals surface area contributed by atoms with Crippen LogP contribution in [-0.2, 0) is 4.79 Å². The van der Waals surface area contributed by atoms with Crippen molar-refractivity contribution in [3.8, 4) is 11.5 Å². The third-order valence-electron chi connectivity index (χ3n) is 4.42. The highest BCUT2D eigenvalue weighted by atomic mass is 32.1. The normalized spacial score (nSPS) is 10.1. The van der Waals surface area contributed by atoms with E-state index in [1.54, 1.807) is 25.1 Å². The number of aliphatic hydroxyl groups excluding tert-OH is 1. The largest absolute Gasteiger partial charge is 0.493 e. The molecule has 176 valence electrons. The summed E-state index contributed by atoms with van der Waals surface area (Å²) >= 11 is 1.35. The van der Waals surface area contributed by atoms with Gasteiger partial charge in [-0.15, -0.1) is 11.3 Å². The summed E-state index contributed by atoms with van der Waals surface area (Å²) in [6, 6.07) is 9.60. The molecule has 2 aromatic carbocycles. The summed E-state index contributed by atoms with van der Waals surface area (Å²) in [6.45, 7) is 1.64. The minimum Gasteiger partial charge on any atom is -0.493 e. The Hall–Kier alpha value is -3.50. The maximum absolute atomic E-state index is 13.2. The molecule has 1 aromatic heterocycles. The minimum absolute atomic E-state index is 0.0968. The maximum atomic E-state index is 13.2. The summed E-state index contributed by atoms with van der Waals surface area (Å²) in [4.78, 5) is 22.9. The monoisotopic (exact) mass is 475 g/mol. The highest BCUT2D eigenvalue weighted by molar-refractivity contribution is 7.17. The van der Waals surface area contributed by atoms with Crippen molar-refractivity contribution >= 4 is 38.9 Å². The van der Waals surface area contributed by atoms with Crippen molar-refractivity contribution in [2.45, 2.75) is 6.92 Å². The Kier molecular flexibility index (Phi) is 9.77. The van der Waals surface area contributed by atoms with Gasteiger partial charge in [-0.25, -0.2) is 4.39 Å². The summed E-state index contributed by atoms with van der Waals surface area (Å²) in [5, 5.41) is 23.8. The number of benzene rings is 2. The number of rotatable bonds is 8. The summed E-state index contributed by atoms with van der Waals surface area (Å²) in [5.74, 6) is -0.0562. The lowest BCUT2D eigenvalue weighted by molar-refractivity contribution is -0.119. The van der Waals surface area contributed by atoms with Crippen LogP contribution in [-0.4, -0.2) is 56.5 Å². The molecule has 0 unspecified atom stereocenters. The molecule has 0 fully saturated rings. The van der Waals surface area contributed by atoms with Crippen molar-refractivity contribution < 1.29 is 28.6 Å². The summed E-state index contributed by atoms with van der Waals surface area (Å²) in [6.07, 6.45) is 0. The highest BCUT2D eigenvalue weighted by Gasteiger charge is 2.12. The number of ether oxygens (including phenoxy) is 2. The van der Waals surface area contributed by atoms with E-state index in [1.807, 2.05) is 11.4 Å². The number of likely N-dealkylation sites (N-methyl/N-ethyl adjacent to an activating group) is 1. The summed E-state index contributed by atoms with van der Waals surface area (Å²) in [7, 11) is 2.94. The van der Waals surface area contributed by atoms with Gasteiger partial charge >= 0.3 is 0 Å². The Morgan fingerprint density at radius 1 is 1.21 bits per heavy atom. The number of methoxy groups -OCH3 is 1. The Morgan fingerprint density at radius 2 is 1.97 bits per heavy atom. The molecule has 0 atom stereocenters. The van der Waals surface area contributed by atoms with Gasteiger partial charge in [0.15, 0.2) is 11.5 Å². The average molecular weight is 476 g/mol. The molecular weight excluding hydrogens is 449 g/mol. The zero-order valence-electron chi connectivity index (χ0n) is 18.5. The Bertz CT molecular complexity index is 1130. The number of hydrogen-bond donors (Lipinski definition) is 4. The number of thiophene rings is 1. The van der Waals surface area contributed by atoms with Gasteiger partial charge in [-0.1, -0.05) is 12.1 Å². The zero-order chi connectivity index (χ0) is 24.4. The Morgan fingerprint density at radius 3 is 2.61 bits per heavy atom. The van der Waals surface area contributed by atoms with Crippen LogP contribution in [0.3, 0.4) is 0 Å². The van der Waals surface area contributed by atoms with Gasteiger partial charge in [0.1, 0.15) is 12.4 Å². The lowest BCUT2D eigenvalue weighted by Gasteiger charge is -2.11. The molecule has 10 heteroatoms. The highest BCUT2D eigenvalue weighted by Crippen LogP contribution is 2.29. The summed E-state index contributed by atoms with van der Waals surface area (Å²) < 4.78 is 24.2. The number of nitrogens with one attached hydrogen (secondary N) is 3. The number of amides is 2. The van der Waals surface area contributed by atoms with Crippen LogP contribution >= 0.6 is 11.3 Å². The van der Waals surface area contributed by atoms with Gasteiger partial charge in [-0.3, -0.25) is 9.59 Å². The summed E-state index contributed by atoms with van der Waals surface area (Å²) in [5.41, 5.74) is 1.67. The van der Waals surface area contributed by atoms with Crippen LogP contribution in [0.1, 0.15) is 22.8 Å². The van der Waals surface area contributed by atoms with Gasteiger partial charge in [0.05, 0.1) is 25.0 Å². The van der Waals surface area contributed by atoms with E-state index >= 15 is 0 Å². The first kappa shape index (κ1) is 25.8. The van der Waals surface area contributed by atoms with E-state index in [2.05, 4.69) is 10.6 Å². The molecule has 0 radical (unpaired) electrons. The first-order valence-electron chi connectivity index (χ1n) is 9.94. The van der Waals surface area contributed by atoms with Crippen molar-refractivity contribution in [1.29, 1.82) is 5.41 Å². The quantitative estimate of drug-likeness (QED) is 0.373. The van der Waals surface area contributed by atoms with Crippen LogP contribution in [0.5, 0.6) is 11.5 Å². The Balaban J connectivity index is 0.000000254. The van der Waals surface area contributed by atoms with Crippen LogP contribution in [0.4, 0.5) is 4.39 Å². The van der Waals surface area contributed by atoms with Crippen LogP contribution < -0.4 is 20.1 Å². The number of fused-ring (bicyclic) bond motifs is 1. The fourth-order valence-corrected chi connectivity index (χ4v) is 3.77. The van der Waals surface area contributed by atoms with Crippen molar-refractivity contribution in [2.75, 3.05) is 33.9 Å². The van der Waals surface area contributed by atoms with Crippen molar-refractivity contribution in [3.05, 3.63) is 58.7 Å². The van der Waals surface area contributed by atoms with Crippen LogP contribution in [0, 0.1) is 11.2 Å². The van der Waals surface area contributed by atoms with Crippen molar-refractivity contribution in [1.82, 2.24) is 10.6 Å². The lowest BCUT2D eigenvalue weighted by atomic mass is 10.1. The SMILES string of the molecule is CC(=N)c1csc2c(F)cccc12.CNC(=O)CNC(=O)c1ccc(OCCO)c(OC)c1. The number of hydrogen-bond acceptors (Lipinski definition) is 7. The molecule has 4 N–H and O–H groups in total. The van der Waals surface area contributed by atoms with E-state index in [0.29, 0.717) is 27.5 Å². The predicted molar refractivity (Wildman–Crippen MR) is 126 cm³/mol. The third kappa shape index (κ3) is 6.99. The van der Waals surface area contributed by atoms with Gasteiger partial charge in [-0.2, -0.15) is 0 Å². The molecule has 0 saturated carbocycles. The van der Waals surface area contributed by atoms with Crippen LogP contribution in [0.15, 0.2) is 41.8 Å². The molecule has 0 saturated heterocycles. The molecule has 3 rings (SSSR count). The minimum atomic E-state index is -0.388. The van der Waals surface area contributed by atoms with E-state index < -0.39 is 0 Å². The second-order valence-corrected chi connectivity index (χ2v) is 7.56. The standard InChI is InChI=1S/C13H18N2O5.C10H8FNS/c1-14-12(17)8-15-13(18)9-3-4-10(20-6-5-16)11(7-9)19-2;1-6(12)8-5-13-10-7(8)3-2-4-9(10)11/h3-4,7,16H,5-6,8H2,1-2H3,(H,14,17)(H,15,18);2-5,12H,1H3. The van der Waals surface area contributed by atoms with Gasteiger partial charge in [-0.05, 0) is 31.2 Å². The number of carbonyl (C=O) groups excluding carboxylic acids is 2. The fraction of sp³-hybridized carbons (Fsp3) is 0.261. The molecule has 33 heavy (non-hydrogen) atoms. The lowest BCUT2D eigenvalue weighted by Crippen LogP contribution is -2.35. The molecule has 0 aliphatic heterocycles. The van der Waals surface area contributed by atoms with Gasteiger partial charge in [0, 0.05) is 34.7 Å². The van der Waals surface area contributed by atoms with E-state index in [9.17, 15) is 14.0 Å². The predicted octanol–water partition coefficient (Wildman–Crippen LogP) is 2.97. The molecule has 0 aliphatic rings. The molecule has 2 amide bonds. The van der Waals surface area contributed by atoms with E-state index in [-0.39, 0.29) is 37.4 Å². The first-order valence-corrected chi connectivity index (χ1v) is 10.8. The average Bonchev–Trinajstić information content (AvgIpc) is 3.27. The third-order valence-corrected chi connectivity index (χ3v) is 5.42. The fourth-order valence-electron chi connectivity index (χ4n) is 2.75. The van der Waals surface area contributed by atoms with Crippen molar-refractivity contribution in [2.24, 2.45) is 0 Å². The first-order chi connectivity index (χ1) is 15.8. The van der Waals surface area contributed by atoms with E-state index in [4.69, 9.17) is 20.0 Å². The van der Waals surface area contributed by atoms with Gasteiger partial charge in [0.25, 0.3) is 5.91 Å². The number of halogens is 1. The maximum Gasteiger partial charge on any atom is 0.251 e. The molecule has 8 nitrogen and oxygen atoms in total. The van der Waals surface area contributed by atoms with Crippen LogP contribution in [0.25, 0.3) is 10.1 Å².